The van der Waals surface area contributed by atoms with Crippen molar-refractivity contribution >= 4 is 17.9 Å². The summed E-state index contributed by atoms with van der Waals surface area (Å²) in [5, 5.41) is 0. The molecule has 0 aromatic heterocycles. The van der Waals surface area contributed by atoms with Crippen LogP contribution >= 0.6 is 0 Å². The van der Waals surface area contributed by atoms with E-state index in [9.17, 15) is 14.4 Å². The average Bonchev–Trinajstić information content (AvgIpc) is 3.49. The van der Waals surface area contributed by atoms with Crippen molar-refractivity contribution in [2.45, 2.75) is 438 Å². The van der Waals surface area contributed by atoms with E-state index in [1.54, 1.807) is 0 Å². The monoisotopic (exact) mass is 1170 g/mol. The molecule has 0 aliphatic heterocycles. The maximum Gasteiger partial charge on any atom is 0.306 e. The molecule has 0 amide bonds. The van der Waals surface area contributed by atoms with E-state index >= 15 is 0 Å². The minimum atomic E-state index is -0.774. The molecule has 6 heteroatoms. The van der Waals surface area contributed by atoms with E-state index in [0.29, 0.717) is 19.3 Å². The Bertz CT molecular complexity index is 1340. The lowest BCUT2D eigenvalue weighted by Crippen LogP contribution is -2.30. The number of hydrogen-bond donors (Lipinski definition) is 0. The summed E-state index contributed by atoms with van der Waals surface area (Å²) in [5.74, 6) is -0.850. The molecule has 1 atom stereocenters. The number of rotatable bonds is 71. The van der Waals surface area contributed by atoms with Crippen molar-refractivity contribution in [1.82, 2.24) is 0 Å². The fourth-order valence-electron chi connectivity index (χ4n) is 11.7. The zero-order valence-electron chi connectivity index (χ0n) is 56.5. The number of carbonyl (C=O) groups excluding carboxylic acids is 3. The van der Waals surface area contributed by atoms with E-state index < -0.39 is 6.10 Å². The average molecular weight is 1170 g/mol. The summed E-state index contributed by atoms with van der Waals surface area (Å²) in [7, 11) is 0. The van der Waals surface area contributed by atoms with Gasteiger partial charge in [-0.3, -0.25) is 14.4 Å². The summed E-state index contributed by atoms with van der Waals surface area (Å²) >= 11 is 0. The molecule has 0 fully saturated rings. The van der Waals surface area contributed by atoms with Gasteiger partial charge >= 0.3 is 17.9 Å². The summed E-state index contributed by atoms with van der Waals surface area (Å²) in [6, 6.07) is 0. The first-order valence-electron chi connectivity index (χ1n) is 37.8. The minimum absolute atomic E-state index is 0.0693. The van der Waals surface area contributed by atoms with Crippen molar-refractivity contribution in [1.29, 1.82) is 0 Å². The number of hydrogen-bond acceptors (Lipinski definition) is 6. The maximum atomic E-state index is 13.0. The maximum absolute atomic E-state index is 13.0. The van der Waals surface area contributed by atoms with Crippen LogP contribution in [0.1, 0.15) is 432 Å². The van der Waals surface area contributed by atoms with Gasteiger partial charge in [0.1, 0.15) is 13.2 Å². The largest absolute Gasteiger partial charge is 0.462 e. The molecule has 0 saturated carbocycles. The molecule has 0 spiro atoms. The summed E-state index contributed by atoms with van der Waals surface area (Å²) in [5.41, 5.74) is 0. The quantitative estimate of drug-likeness (QED) is 0.0261. The van der Waals surface area contributed by atoms with Gasteiger partial charge in [0.05, 0.1) is 0 Å². The van der Waals surface area contributed by atoms with E-state index in [0.717, 1.165) is 64.2 Å². The molecule has 0 heterocycles. The van der Waals surface area contributed by atoms with Crippen LogP contribution in [-0.4, -0.2) is 37.2 Å². The van der Waals surface area contributed by atoms with Crippen LogP contribution in [0.2, 0.25) is 0 Å². The standard InChI is InChI=1S/C77H146O6/c1-4-7-10-13-16-19-22-25-27-29-31-33-34-35-36-37-38-39-40-41-42-43-45-46-48-50-52-55-58-61-64-67-70-76(79)82-73-74(72-81-75(78)69-66-63-60-57-54-24-21-18-15-12-9-6-3)83-77(80)71-68-65-62-59-56-53-51-49-47-44-32-30-28-26-23-20-17-14-11-8-5-2/h18,21,30,32,74H,4-17,19-20,22-29,31,33-73H2,1-3H3/b21-18-,32-30-. The molecular weight excluding hydrogens is 1020 g/mol. The second kappa shape index (κ2) is 72.4. The van der Waals surface area contributed by atoms with Gasteiger partial charge in [-0.05, 0) is 70.6 Å². The molecule has 0 aliphatic carbocycles. The van der Waals surface area contributed by atoms with E-state index in [-0.39, 0.29) is 31.1 Å². The summed E-state index contributed by atoms with van der Waals surface area (Å²) in [6.45, 7) is 6.69. The Hall–Kier alpha value is -2.11. The highest BCUT2D eigenvalue weighted by molar-refractivity contribution is 5.71. The van der Waals surface area contributed by atoms with E-state index in [1.807, 2.05) is 0 Å². The van der Waals surface area contributed by atoms with Gasteiger partial charge in [-0.15, -0.1) is 0 Å². The van der Waals surface area contributed by atoms with Gasteiger partial charge in [-0.25, -0.2) is 0 Å². The highest BCUT2D eigenvalue weighted by Crippen LogP contribution is 2.19. The fraction of sp³-hybridized carbons (Fsp3) is 0.909. The molecule has 1 unspecified atom stereocenters. The van der Waals surface area contributed by atoms with Crippen LogP contribution in [0.25, 0.3) is 0 Å². The Morgan fingerprint density at radius 1 is 0.229 bits per heavy atom. The van der Waals surface area contributed by atoms with Crippen LogP contribution < -0.4 is 0 Å². The first kappa shape index (κ1) is 80.9. The number of unbranched alkanes of at least 4 members (excludes halogenated alkanes) is 56. The van der Waals surface area contributed by atoms with Gasteiger partial charge in [-0.2, -0.15) is 0 Å². The Morgan fingerprint density at radius 3 is 0.627 bits per heavy atom. The van der Waals surface area contributed by atoms with Crippen LogP contribution in [0, 0.1) is 0 Å². The zero-order valence-corrected chi connectivity index (χ0v) is 56.5. The molecule has 83 heavy (non-hydrogen) atoms. The predicted molar refractivity (Wildman–Crippen MR) is 363 cm³/mol. The van der Waals surface area contributed by atoms with Crippen molar-refractivity contribution in [3.63, 3.8) is 0 Å². The van der Waals surface area contributed by atoms with Crippen LogP contribution in [0.3, 0.4) is 0 Å². The van der Waals surface area contributed by atoms with Gasteiger partial charge in [-0.1, -0.05) is 366 Å². The Kier molecular flexibility index (Phi) is 70.5. The molecule has 0 aromatic carbocycles. The van der Waals surface area contributed by atoms with Crippen molar-refractivity contribution < 1.29 is 28.6 Å². The molecule has 0 N–H and O–H groups in total. The molecule has 0 rings (SSSR count). The summed E-state index contributed by atoms with van der Waals surface area (Å²) in [6.07, 6.45) is 89.6. The van der Waals surface area contributed by atoms with E-state index in [1.165, 1.54) is 327 Å². The van der Waals surface area contributed by atoms with Gasteiger partial charge in [0.15, 0.2) is 6.10 Å². The van der Waals surface area contributed by atoms with Gasteiger partial charge in [0.25, 0.3) is 0 Å². The van der Waals surface area contributed by atoms with Crippen molar-refractivity contribution in [2.75, 3.05) is 13.2 Å². The fourth-order valence-corrected chi connectivity index (χ4v) is 11.7. The molecule has 0 aromatic rings. The van der Waals surface area contributed by atoms with Gasteiger partial charge in [0.2, 0.25) is 0 Å². The van der Waals surface area contributed by atoms with Crippen LogP contribution in [-0.2, 0) is 28.6 Å². The van der Waals surface area contributed by atoms with E-state index in [4.69, 9.17) is 14.2 Å². The third-order valence-electron chi connectivity index (χ3n) is 17.4. The Morgan fingerprint density at radius 2 is 0.398 bits per heavy atom. The zero-order chi connectivity index (χ0) is 59.9. The molecule has 0 radical (unpaired) electrons. The Labute approximate surface area is 519 Å². The summed E-state index contributed by atoms with van der Waals surface area (Å²) < 4.78 is 17.0. The second-order valence-corrected chi connectivity index (χ2v) is 25.9. The van der Waals surface area contributed by atoms with Crippen LogP contribution in [0.4, 0.5) is 0 Å². The first-order valence-corrected chi connectivity index (χ1v) is 37.8. The van der Waals surface area contributed by atoms with Crippen molar-refractivity contribution in [2.24, 2.45) is 0 Å². The normalized spacial score (nSPS) is 12.1. The highest BCUT2D eigenvalue weighted by atomic mass is 16.6. The first-order chi connectivity index (χ1) is 41.0. The van der Waals surface area contributed by atoms with Crippen molar-refractivity contribution in [3.05, 3.63) is 24.3 Å². The molecule has 0 bridgehead atoms. The Balaban J connectivity index is 4.10. The smallest absolute Gasteiger partial charge is 0.306 e. The predicted octanol–water partition coefficient (Wildman–Crippen LogP) is 26.1. The lowest BCUT2D eigenvalue weighted by molar-refractivity contribution is -0.167. The van der Waals surface area contributed by atoms with Crippen LogP contribution in [0.15, 0.2) is 24.3 Å². The molecule has 0 saturated heterocycles. The van der Waals surface area contributed by atoms with Crippen molar-refractivity contribution in [3.8, 4) is 0 Å². The number of ether oxygens (including phenoxy) is 3. The lowest BCUT2D eigenvalue weighted by atomic mass is 10.0. The SMILES string of the molecule is CCCCC/C=C\CCCCCCCC(=O)OCC(COC(=O)CCCCCCCCCCCCCCCCCCCCCCCCCCCCCCCCCC)OC(=O)CCCCCCCCCCC/C=C\CCCCCCCCCC. The molecular formula is C77H146O6. The molecule has 0 aliphatic rings. The van der Waals surface area contributed by atoms with Gasteiger partial charge in [0, 0.05) is 19.3 Å². The highest BCUT2D eigenvalue weighted by Gasteiger charge is 2.20. The third kappa shape index (κ3) is 70.5. The summed E-state index contributed by atoms with van der Waals surface area (Å²) in [4.78, 5) is 38.4. The van der Waals surface area contributed by atoms with E-state index in [2.05, 4.69) is 45.1 Å². The molecule has 6 nitrogen and oxygen atoms in total. The van der Waals surface area contributed by atoms with Crippen LogP contribution in [0.5, 0.6) is 0 Å². The second-order valence-electron chi connectivity index (χ2n) is 25.9. The number of carbonyl (C=O) groups is 3. The number of allylic oxidation sites excluding steroid dienone is 4. The number of esters is 3. The van der Waals surface area contributed by atoms with Gasteiger partial charge < -0.3 is 14.2 Å². The topological polar surface area (TPSA) is 78.9 Å². The lowest BCUT2D eigenvalue weighted by Gasteiger charge is -2.18. The third-order valence-corrected chi connectivity index (χ3v) is 17.4. The molecule has 490 valence electrons. The minimum Gasteiger partial charge on any atom is -0.462 e.